The molecule has 1 unspecified atom stereocenters. The second kappa shape index (κ2) is 7.83. The van der Waals surface area contributed by atoms with E-state index in [1.54, 1.807) is 19.1 Å². The van der Waals surface area contributed by atoms with Gasteiger partial charge in [0.15, 0.2) is 17.3 Å². The van der Waals surface area contributed by atoms with Crippen LogP contribution in [-0.4, -0.2) is 31.9 Å². The highest BCUT2D eigenvalue weighted by Gasteiger charge is 2.36. The molecule has 1 aliphatic rings. The van der Waals surface area contributed by atoms with Gasteiger partial charge in [-0.05, 0) is 30.7 Å². The molecule has 29 heavy (non-hydrogen) atoms. The van der Waals surface area contributed by atoms with E-state index in [0.717, 1.165) is 5.56 Å². The molecule has 0 saturated carbocycles. The second-order valence-electron chi connectivity index (χ2n) is 6.41. The van der Waals surface area contributed by atoms with E-state index in [2.05, 4.69) is 0 Å². The predicted octanol–water partition coefficient (Wildman–Crippen LogP) is 3.12. The first-order chi connectivity index (χ1) is 13.7. The van der Waals surface area contributed by atoms with E-state index in [-0.39, 0.29) is 33.9 Å². The minimum absolute atomic E-state index is 0.117. The molecule has 0 fully saturated rings. The Hall–Kier alpha value is -3.55. The first kappa shape index (κ1) is 20.2. The van der Waals surface area contributed by atoms with Gasteiger partial charge in [0.1, 0.15) is 11.5 Å². The number of methoxy groups -OCH3 is 2. The molecule has 152 valence electrons. The van der Waals surface area contributed by atoms with Crippen LogP contribution in [0.25, 0.3) is 0 Å². The summed E-state index contributed by atoms with van der Waals surface area (Å²) in [5, 5.41) is 0. The van der Waals surface area contributed by atoms with E-state index >= 15 is 0 Å². The molecule has 2 aromatic rings. The summed E-state index contributed by atoms with van der Waals surface area (Å²) >= 11 is 0. The molecule has 8 nitrogen and oxygen atoms in total. The number of carbonyl (C=O) groups is 3. The van der Waals surface area contributed by atoms with Crippen molar-refractivity contribution < 1.29 is 38.1 Å². The molecule has 3 rings (SSSR count). The lowest BCUT2D eigenvalue weighted by molar-refractivity contribution is -0.162. The van der Waals surface area contributed by atoms with Gasteiger partial charge < -0.3 is 23.7 Å². The van der Waals surface area contributed by atoms with Crippen LogP contribution in [-0.2, 0) is 14.3 Å². The quantitative estimate of drug-likeness (QED) is 0.570. The molecule has 1 aliphatic heterocycles. The fourth-order valence-electron chi connectivity index (χ4n) is 3.15. The van der Waals surface area contributed by atoms with Crippen molar-refractivity contribution in [2.75, 3.05) is 14.2 Å². The van der Waals surface area contributed by atoms with E-state index in [0.29, 0.717) is 5.75 Å². The third kappa shape index (κ3) is 3.87. The minimum atomic E-state index is -1.27. The summed E-state index contributed by atoms with van der Waals surface area (Å²) in [6.45, 7) is 4.28. The summed E-state index contributed by atoms with van der Waals surface area (Å²) in [6.07, 6.45) is -1.27. The monoisotopic (exact) mass is 400 g/mol. The first-order valence-corrected chi connectivity index (χ1v) is 8.72. The van der Waals surface area contributed by atoms with Crippen molar-refractivity contribution in [1.29, 1.82) is 0 Å². The molecular weight excluding hydrogens is 380 g/mol. The summed E-state index contributed by atoms with van der Waals surface area (Å²) in [5.41, 5.74) is 1.32. The number of hydrogen-bond donors (Lipinski definition) is 0. The number of aryl methyl sites for hydroxylation is 1. The van der Waals surface area contributed by atoms with Crippen LogP contribution >= 0.6 is 0 Å². The maximum atomic E-state index is 13.4. The van der Waals surface area contributed by atoms with Gasteiger partial charge in [0.05, 0.1) is 25.3 Å². The highest BCUT2D eigenvalue weighted by molar-refractivity contribution is 6.13. The van der Waals surface area contributed by atoms with Gasteiger partial charge >= 0.3 is 11.9 Å². The standard InChI is InChI=1S/C21H20O8/c1-10-6-15-19(24)14-8-13(27-11(2)22)9-16(25-4)18(14)21(28-12(3)23)29-20(15)17(7-10)26-5/h6-9,21H,1-5H3. The third-order valence-electron chi connectivity index (χ3n) is 4.24. The number of carbonyl (C=O) groups excluding carboxylic acids is 3. The maximum absolute atomic E-state index is 13.4. The number of benzene rings is 2. The summed E-state index contributed by atoms with van der Waals surface area (Å²) in [5.74, 6) is -0.848. The fourth-order valence-corrected chi connectivity index (χ4v) is 3.15. The number of ketones is 1. The minimum Gasteiger partial charge on any atom is -0.496 e. The number of ether oxygens (including phenoxy) is 5. The maximum Gasteiger partial charge on any atom is 0.308 e. The van der Waals surface area contributed by atoms with Crippen molar-refractivity contribution in [3.63, 3.8) is 0 Å². The van der Waals surface area contributed by atoms with E-state index in [1.807, 2.05) is 0 Å². The van der Waals surface area contributed by atoms with E-state index in [1.165, 1.54) is 40.2 Å². The lowest BCUT2D eigenvalue weighted by Crippen LogP contribution is -2.17. The molecule has 0 aromatic heterocycles. The molecule has 1 atom stereocenters. The van der Waals surface area contributed by atoms with Gasteiger partial charge in [-0.3, -0.25) is 14.4 Å². The Morgan fingerprint density at radius 2 is 1.62 bits per heavy atom. The normalized spacial score (nSPS) is 14.7. The average molecular weight is 400 g/mol. The van der Waals surface area contributed by atoms with E-state index in [9.17, 15) is 14.4 Å². The van der Waals surface area contributed by atoms with Crippen LogP contribution in [0.1, 0.15) is 47.2 Å². The molecule has 0 N–H and O–H groups in total. The van der Waals surface area contributed by atoms with Gasteiger partial charge in [-0.15, -0.1) is 0 Å². The van der Waals surface area contributed by atoms with Gasteiger partial charge in [-0.25, -0.2) is 0 Å². The molecule has 0 aliphatic carbocycles. The molecular formula is C21H20O8. The summed E-state index contributed by atoms with van der Waals surface area (Å²) in [6, 6.07) is 6.16. The zero-order chi connectivity index (χ0) is 21.3. The first-order valence-electron chi connectivity index (χ1n) is 8.72. The Kier molecular flexibility index (Phi) is 5.45. The van der Waals surface area contributed by atoms with Gasteiger partial charge in [0.2, 0.25) is 0 Å². The highest BCUT2D eigenvalue weighted by Crippen LogP contribution is 2.45. The van der Waals surface area contributed by atoms with Crippen LogP contribution in [0.15, 0.2) is 24.3 Å². The van der Waals surface area contributed by atoms with Crippen LogP contribution in [0, 0.1) is 6.92 Å². The Labute approximate surface area is 167 Å². The predicted molar refractivity (Wildman–Crippen MR) is 101 cm³/mol. The van der Waals surface area contributed by atoms with Gasteiger partial charge in [-0.2, -0.15) is 0 Å². The number of rotatable bonds is 4. The number of hydrogen-bond acceptors (Lipinski definition) is 8. The van der Waals surface area contributed by atoms with Gasteiger partial charge in [0.25, 0.3) is 6.29 Å². The Balaban J connectivity index is 2.32. The molecule has 0 bridgehead atoms. The summed E-state index contributed by atoms with van der Waals surface area (Å²) < 4.78 is 27.2. The average Bonchev–Trinajstić information content (AvgIpc) is 2.76. The molecule has 0 spiro atoms. The molecule has 0 saturated heterocycles. The Morgan fingerprint density at radius 1 is 0.931 bits per heavy atom. The SMILES string of the molecule is COc1cc(C)cc2c1OC(OC(C)=O)c1c(OC)cc(OC(C)=O)cc1C2=O. The largest absolute Gasteiger partial charge is 0.496 e. The lowest BCUT2D eigenvalue weighted by Gasteiger charge is -2.22. The molecule has 0 radical (unpaired) electrons. The fraction of sp³-hybridized carbons (Fsp3) is 0.286. The zero-order valence-corrected chi connectivity index (χ0v) is 16.7. The highest BCUT2D eigenvalue weighted by atomic mass is 16.7. The summed E-state index contributed by atoms with van der Waals surface area (Å²) in [4.78, 5) is 36.5. The summed E-state index contributed by atoms with van der Waals surface area (Å²) in [7, 11) is 2.83. The molecule has 1 heterocycles. The van der Waals surface area contributed by atoms with Crippen LogP contribution in [0.2, 0.25) is 0 Å². The van der Waals surface area contributed by atoms with Gasteiger partial charge in [-0.1, -0.05) is 0 Å². The Bertz CT molecular complexity index is 1010. The lowest BCUT2D eigenvalue weighted by atomic mass is 9.96. The van der Waals surface area contributed by atoms with Crippen LogP contribution in [0.3, 0.4) is 0 Å². The van der Waals surface area contributed by atoms with E-state index < -0.39 is 24.0 Å². The van der Waals surface area contributed by atoms with Crippen LogP contribution in [0.5, 0.6) is 23.0 Å². The third-order valence-corrected chi connectivity index (χ3v) is 4.24. The molecule has 2 aromatic carbocycles. The number of esters is 2. The number of fused-ring (bicyclic) bond motifs is 2. The van der Waals surface area contributed by atoms with Crippen molar-refractivity contribution in [1.82, 2.24) is 0 Å². The zero-order valence-electron chi connectivity index (χ0n) is 16.7. The molecule has 8 heteroatoms. The van der Waals surface area contributed by atoms with Crippen molar-refractivity contribution in [3.05, 3.63) is 46.5 Å². The van der Waals surface area contributed by atoms with Crippen molar-refractivity contribution in [3.8, 4) is 23.0 Å². The smallest absolute Gasteiger partial charge is 0.308 e. The van der Waals surface area contributed by atoms with E-state index in [4.69, 9.17) is 23.7 Å². The van der Waals surface area contributed by atoms with Crippen molar-refractivity contribution >= 4 is 17.7 Å². The van der Waals surface area contributed by atoms with Crippen LogP contribution in [0.4, 0.5) is 0 Å². The molecule has 0 amide bonds. The Morgan fingerprint density at radius 3 is 2.21 bits per heavy atom. The van der Waals surface area contributed by atoms with Crippen molar-refractivity contribution in [2.24, 2.45) is 0 Å². The van der Waals surface area contributed by atoms with Crippen LogP contribution < -0.4 is 18.9 Å². The van der Waals surface area contributed by atoms with Crippen molar-refractivity contribution in [2.45, 2.75) is 27.1 Å². The van der Waals surface area contributed by atoms with Gasteiger partial charge in [0, 0.05) is 25.5 Å². The topological polar surface area (TPSA) is 97.4 Å². The second-order valence-corrected chi connectivity index (χ2v) is 6.41.